The van der Waals surface area contributed by atoms with Gasteiger partial charge in [0.05, 0.1) is 13.2 Å². The van der Waals surface area contributed by atoms with Crippen molar-refractivity contribution in [3.05, 3.63) is 18.2 Å². The lowest BCUT2D eigenvalue weighted by Crippen LogP contribution is -2.11. The molecule has 112 valence electrons. The normalized spacial score (nSPS) is 10.2. The maximum absolute atomic E-state index is 11.8. The number of benzene rings is 1. The van der Waals surface area contributed by atoms with E-state index in [2.05, 4.69) is 21.2 Å². The second kappa shape index (κ2) is 9.64. The first-order valence-corrected chi connectivity index (χ1v) is 8.08. The van der Waals surface area contributed by atoms with Crippen molar-refractivity contribution in [2.24, 2.45) is 0 Å². The molecule has 4 nitrogen and oxygen atoms in total. The van der Waals surface area contributed by atoms with Gasteiger partial charge in [-0.25, -0.2) is 0 Å². The third-order valence-corrected chi connectivity index (χ3v) is 3.18. The Morgan fingerprint density at radius 1 is 1.15 bits per heavy atom. The van der Waals surface area contributed by atoms with E-state index in [1.165, 1.54) is 0 Å². The smallest absolute Gasteiger partial charge is 0.224 e. The van der Waals surface area contributed by atoms with Crippen LogP contribution in [0.25, 0.3) is 0 Å². The van der Waals surface area contributed by atoms with E-state index in [9.17, 15) is 4.79 Å². The van der Waals surface area contributed by atoms with Crippen LogP contribution in [0.4, 0.5) is 5.69 Å². The summed E-state index contributed by atoms with van der Waals surface area (Å²) in [4.78, 5) is 11.8. The van der Waals surface area contributed by atoms with Gasteiger partial charge >= 0.3 is 0 Å². The van der Waals surface area contributed by atoms with Gasteiger partial charge in [-0.05, 0) is 38.8 Å². The molecule has 0 atom stereocenters. The molecular weight excluding hydrogens is 322 g/mol. The van der Waals surface area contributed by atoms with E-state index in [0.717, 1.165) is 23.9 Å². The van der Waals surface area contributed by atoms with E-state index < -0.39 is 0 Å². The predicted octanol–water partition coefficient (Wildman–Crippen LogP) is 3.99. The second-order valence-electron chi connectivity index (χ2n) is 4.22. The number of anilines is 1. The Hall–Kier alpha value is -1.23. The number of carbonyl (C=O) groups excluding carboxylic acids is 1. The fourth-order valence-electron chi connectivity index (χ4n) is 1.73. The van der Waals surface area contributed by atoms with Crippen LogP contribution in [0.15, 0.2) is 18.2 Å². The topological polar surface area (TPSA) is 47.6 Å². The third-order valence-electron chi connectivity index (χ3n) is 2.61. The minimum absolute atomic E-state index is 0.0255. The highest BCUT2D eigenvalue weighted by molar-refractivity contribution is 9.09. The van der Waals surface area contributed by atoms with E-state index in [0.29, 0.717) is 31.1 Å². The summed E-state index contributed by atoms with van der Waals surface area (Å²) in [6.45, 7) is 4.98. The van der Waals surface area contributed by atoms with Crippen LogP contribution in [0.1, 0.15) is 33.1 Å². The quantitative estimate of drug-likeness (QED) is 0.544. The molecule has 0 saturated carbocycles. The zero-order chi connectivity index (χ0) is 14.8. The standard InChI is InChI=1S/C15H22BrNO3/c1-3-19-13-9-8-12(11-14(13)20-4-2)17-15(18)7-5-6-10-16/h8-9,11H,3-7,10H2,1-2H3,(H,17,18). The van der Waals surface area contributed by atoms with Gasteiger partial charge in [-0.2, -0.15) is 0 Å². The van der Waals surface area contributed by atoms with Gasteiger partial charge in [0.2, 0.25) is 5.91 Å². The van der Waals surface area contributed by atoms with Crippen LogP contribution >= 0.6 is 15.9 Å². The summed E-state index contributed by atoms with van der Waals surface area (Å²) >= 11 is 3.35. The molecule has 0 saturated heterocycles. The van der Waals surface area contributed by atoms with Gasteiger partial charge in [0.15, 0.2) is 11.5 Å². The Labute approximate surface area is 129 Å². The van der Waals surface area contributed by atoms with Gasteiger partial charge in [-0.15, -0.1) is 0 Å². The van der Waals surface area contributed by atoms with Crippen molar-refractivity contribution < 1.29 is 14.3 Å². The summed E-state index contributed by atoms with van der Waals surface area (Å²) in [5.41, 5.74) is 0.737. The van der Waals surface area contributed by atoms with E-state index >= 15 is 0 Å². The highest BCUT2D eigenvalue weighted by atomic mass is 79.9. The first-order valence-electron chi connectivity index (χ1n) is 6.96. The zero-order valence-electron chi connectivity index (χ0n) is 12.1. The summed E-state index contributed by atoms with van der Waals surface area (Å²) in [6.07, 6.45) is 2.41. The van der Waals surface area contributed by atoms with Crippen LogP contribution in [-0.4, -0.2) is 24.5 Å². The second-order valence-corrected chi connectivity index (χ2v) is 5.01. The zero-order valence-corrected chi connectivity index (χ0v) is 13.7. The molecule has 1 amide bonds. The van der Waals surface area contributed by atoms with E-state index in [1.807, 2.05) is 26.0 Å². The van der Waals surface area contributed by atoms with Crippen molar-refractivity contribution in [2.45, 2.75) is 33.1 Å². The van der Waals surface area contributed by atoms with E-state index in [4.69, 9.17) is 9.47 Å². The minimum atomic E-state index is 0.0255. The number of carbonyl (C=O) groups is 1. The lowest BCUT2D eigenvalue weighted by Gasteiger charge is -2.13. The van der Waals surface area contributed by atoms with Gasteiger partial charge in [-0.3, -0.25) is 4.79 Å². The van der Waals surface area contributed by atoms with Crippen LogP contribution in [0.3, 0.4) is 0 Å². The van der Waals surface area contributed by atoms with Crippen molar-refractivity contribution >= 4 is 27.5 Å². The Kier molecular flexibility index (Phi) is 8.11. The first-order chi connectivity index (χ1) is 9.71. The van der Waals surface area contributed by atoms with Crippen molar-refractivity contribution in [2.75, 3.05) is 23.9 Å². The number of halogens is 1. The molecule has 0 bridgehead atoms. The average molecular weight is 344 g/mol. The third kappa shape index (κ3) is 5.82. The molecule has 5 heteroatoms. The van der Waals surface area contributed by atoms with Gasteiger partial charge in [0.1, 0.15) is 0 Å². The monoisotopic (exact) mass is 343 g/mol. The Bertz CT molecular complexity index is 424. The fourth-order valence-corrected chi connectivity index (χ4v) is 2.13. The molecule has 0 radical (unpaired) electrons. The molecule has 0 heterocycles. The Morgan fingerprint density at radius 2 is 1.85 bits per heavy atom. The van der Waals surface area contributed by atoms with Crippen molar-refractivity contribution in [3.63, 3.8) is 0 Å². The number of rotatable bonds is 9. The predicted molar refractivity (Wildman–Crippen MR) is 85.1 cm³/mol. The van der Waals surface area contributed by atoms with Crippen molar-refractivity contribution in [3.8, 4) is 11.5 Å². The maximum atomic E-state index is 11.8. The number of unbranched alkanes of at least 4 members (excludes halogenated alkanes) is 1. The number of hydrogen-bond acceptors (Lipinski definition) is 3. The molecule has 0 fully saturated rings. The average Bonchev–Trinajstić information content (AvgIpc) is 2.42. The highest BCUT2D eigenvalue weighted by Gasteiger charge is 2.08. The number of amides is 1. The molecular formula is C15H22BrNO3. The van der Waals surface area contributed by atoms with Crippen LogP contribution in [0.5, 0.6) is 11.5 Å². The summed E-state index contributed by atoms with van der Waals surface area (Å²) in [5, 5.41) is 3.81. The summed E-state index contributed by atoms with van der Waals surface area (Å²) in [6, 6.07) is 5.45. The molecule has 1 aromatic carbocycles. The summed E-state index contributed by atoms with van der Waals surface area (Å²) < 4.78 is 11.0. The van der Waals surface area contributed by atoms with Gasteiger partial charge in [0.25, 0.3) is 0 Å². The molecule has 0 aliphatic rings. The van der Waals surface area contributed by atoms with Crippen LogP contribution in [-0.2, 0) is 4.79 Å². The largest absolute Gasteiger partial charge is 0.490 e. The van der Waals surface area contributed by atoms with Crippen LogP contribution in [0.2, 0.25) is 0 Å². The molecule has 0 aromatic heterocycles. The maximum Gasteiger partial charge on any atom is 0.224 e. The molecule has 1 N–H and O–H groups in total. The molecule has 0 aliphatic heterocycles. The SMILES string of the molecule is CCOc1ccc(NC(=O)CCCCBr)cc1OCC. The van der Waals surface area contributed by atoms with E-state index in [1.54, 1.807) is 6.07 Å². The van der Waals surface area contributed by atoms with Gasteiger partial charge < -0.3 is 14.8 Å². The Morgan fingerprint density at radius 3 is 2.50 bits per heavy atom. The molecule has 0 aliphatic carbocycles. The summed E-state index contributed by atoms with van der Waals surface area (Å²) in [7, 11) is 0. The number of ether oxygens (including phenoxy) is 2. The summed E-state index contributed by atoms with van der Waals surface area (Å²) in [5.74, 6) is 1.39. The molecule has 0 spiro atoms. The van der Waals surface area contributed by atoms with Crippen LogP contribution < -0.4 is 14.8 Å². The number of hydrogen-bond donors (Lipinski definition) is 1. The highest BCUT2D eigenvalue weighted by Crippen LogP contribution is 2.30. The van der Waals surface area contributed by atoms with Crippen molar-refractivity contribution in [1.29, 1.82) is 0 Å². The minimum Gasteiger partial charge on any atom is -0.490 e. The fraction of sp³-hybridized carbons (Fsp3) is 0.533. The first kappa shape index (κ1) is 16.8. The van der Waals surface area contributed by atoms with E-state index in [-0.39, 0.29) is 5.91 Å². The molecule has 0 unspecified atom stereocenters. The van der Waals surface area contributed by atoms with Crippen LogP contribution in [0, 0.1) is 0 Å². The van der Waals surface area contributed by atoms with Gasteiger partial charge in [-0.1, -0.05) is 15.9 Å². The number of nitrogens with one attached hydrogen (secondary N) is 1. The lowest BCUT2D eigenvalue weighted by molar-refractivity contribution is -0.116. The molecule has 20 heavy (non-hydrogen) atoms. The lowest BCUT2D eigenvalue weighted by atomic mass is 10.2. The molecule has 1 rings (SSSR count). The number of alkyl halides is 1. The van der Waals surface area contributed by atoms with Crippen molar-refractivity contribution in [1.82, 2.24) is 0 Å². The Balaban J connectivity index is 2.66. The molecule has 1 aromatic rings. The van der Waals surface area contributed by atoms with Gasteiger partial charge in [0, 0.05) is 23.5 Å².